The second-order valence-electron chi connectivity index (χ2n) is 10.2. The van der Waals surface area contributed by atoms with Crippen molar-refractivity contribution in [3.05, 3.63) is 142 Å². The zero-order valence-electron chi connectivity index (χ0n) is 20.8. The van der Waals surface area contributed by atoms with Gasteiger partial charge in [0, 0.05) is 22.3 Å². The number of ether oxygens (including phenoxy) is 1. The average molecular weight is 531 g/mol. The van der Waals surface area contributed by atoms with Crippen molar-refractivity contribution < 1.29 is 29.1 Å². The molecule has 3 aliphatic rings. The molecular formula is C32H20NO7-. The van der Waals surface area contributed by atoms with Crippen molar-refractivity contribution in [3.8, 4) is 0 Å². The van der Waals surface area contributed by atoms with Gasteiger partial charge in [-0.3, -0.25) is 24.4 Å². The Morgan fingerprint density at radius 1 is 0.600 bits per heavy atom. The molecule has 4 aromatic carbocycles. The Kier molecular flexibility index (Phi) is 5.08. The van der Waals surface area contributed by atoms with Gasteiger partial charge in [-0.25, -0.2) is 0 Å². The van der Waals surface area contributed by atoms with E-state index >= 15 is 0 Å². The van der Waals surface area contributed by atoms with Gasteiger partial charge in [0.05, 0.1) is 11.6 Å². The van der Waals surface area contributed by atoms with Crippen molar-refractivity contribution in [1.82, 2.24) is 0 Å². The Morgan fingerprint density at radius 2 is 1.05 bits per heavy atom. The van der Waals surface area contributed by atoms with E-state index in [4.69, 9.17) is 4.74 Å². The molecule has 2 atom stereocenters. The van der Waals surface area contributed by atoms with E-state index in [9.17, 15) is 29.6 Å². The van der Waals surface area contributed by atoms with Crippen LogP contribution in [0.5, 0.6) is 0 Å². The summed E-state index contributed by atoms with van der Waals surface area (Å²) in [6, 6.07) is 26.9. The largest absolute Gasteiger partial charge is 0.733 e. The van der Waals surface area contributed by atoms with Gasteiger partial charge in [0.1, 0.15) is 11.5 Å². The second-order valence-corrected chi connectivity index (χ2v) is 10.2. The molecule has 0 unspecified atom stereocenters. The molecule has 1 saturated heterocycles. The summed E-state index contributed by atoms with van der Waals surface area (Å²) in [5, 5.41) is 20.7. The van der Waals surface area contributed by atoms with E-state index < -0.39 is 46.2 Å². The predicted octanol–water partition coefficient (Wildman–Crippen LogP) is 5.12. The number of fused-ring (bicyclic) bond motifs is 2. The lowest BCUT2D eigenvalue weighted by Crippen LogP contribution is -2.51. The smallest absolute Gasteiger partial charge is 0.204 e. The van der Waals surface area contributed by atoms with Gasteiger partial charge in [-0.2, -0.15) is 0 Å². The van der Waals surface area contributed by atoms with Gasteiger partial charge < -0.3 is 15.2 Å². The van der Waals surface area contributed by atoms with Crippen LogP contribution in [0.4, 0.5) is 5.69 Å². The molecule has 0 saturated carbocycles. The zero-order valence-corrected chi connectivity index (χ0v) is 20.8. The maximum absolute atomic E-state index is 14.6. The molecule has 0 radical (unpaired) electrons. The van der Waals surface area contributed by atoms with Gasteiger partial charge in [0.25, 0.3) is 0 Å². The van der Waals surface area contributed by atoms with E-state index in [-0.39, 0.29) is 38.7 Å². The molecule has 1 N–H and O–H groups in total. The molecule has 40 heavy (non-hydrogen) atoms. The van der Waals surface area contributed by atoms with Crippen LogP contribution >= 0.6 is 0 Å². The van der Waals surface area contributed by atoms with Crippen molar-refractivity contribution >= 4 is 28.8 Å². The van der Waals surface area contributed by atoms with Crippen LogP contribution in [0.25, 0.3) is 0 Å². The minimum absolute atomic E-state index is 0.106. The van der Waals surface area contributed by atoms with Crippen LogP contribution in [0.2, 0.25) is 0 Å². The van der Waals surface area contributed by atoms with Crippen molar-refractivity contribution in [2.45, 2.75) is 17.6 Å². The molecule has 2 spiro atoms. The number of nitrogens with zero attached hydrogens (tertiary/aromatic N) is 1. The Morgan fingerprint density at radius 3 is 1.52 bits per heavy atom. The minimum Gasteiger partial charge on any atom is -0.733 e. The van der Waals surface area contributed by atoms with Crippen molar-refractivity contribution in [1.29, 1.82) is 0 Å². The SMILES string of the molecule is O=C1c2ccccc2C(=O)C12O[C@@H](c1ccccc1)C1(C(=O)c3ccccc3C1=O)[C@H]2c1ccc(N([O-])O)cc1. The summed E-state index contributed by atoms with van der Waals surface area (Å²) in [5.74, 6) is -3.74. The third-order valence-electron chi connectivity index (χ3n) is 8.39. The Labute approximate surface area is 228 Å². The van der Waals surface area contributed by atoms with Crippen molar-refractivity contribution in [2.75, 3.05) is 5.23 Å². The number of benzene rings is 4. The molecule has 1 heterocycles. The summed E-state index contributed by atoms with van der Waals surface area (Å²) in [6.07, 6.45) is -1.28. The summed E-state index contributed by atoms with van der Waals surface area (Å²) < 4.78 is 6.60. The van der Waals surface area contributed by atoms with Crippen LogP contribution < -0.4 is 5.23 Å². The fourth-order valence-electron chi connectivity index (χ4n) is 6.75. The fourth-order valence-corrected chi connectivity index (χ4v) is 6.75. The summed E-state index contributed by atoms with van der Waals surface area (Å²) >= 11 is 0. The van der Waals surface area contributed by atoms with E-state index in [1.165, 1.54) is 36.4 Å². The van der Waals surface area contributed by atoms with Gasteiger partial charge >= 0.3 is 0 Å². The van der Waals surface area contributed by atoms with Crippen LogP contribution in [-0.4, -0.2) is 33.9 Å². The molecule has 0 amide bonds. The number of hydrogen-bond donors (Lipinski definition) is 1. The summed E-state index contributed by atoms with van der Waals surface area (Å²) in [7, 11) is 0. The number of anilines is 1. The zero-order chi connectivity index (χ0) is 27.8. The molecule has 8 nitrogen and oxygen atoms in total. The fraction of sp³-hybridized carbons (Fsp3) is 0.125. The molecule has 4 aromatic rings. The highest BCUT2D eigenvalue weighted by molar-refractivity contribution is 6.37. The summed E-state index contributed by atoms with van der Waals surface area (Å²) in [6.45, 7) is 0. The minimum atomic E-state index is -2.23. The lowest BCUT2D eigenvalue weighted by Gasteiger charge is -2.35. The molecule has 2 aliphatic carbocycles. The molecule has 1 aliphatic heterocycles. The average Bonchev–Trinajstić information content (AvgIpc) is 3.52. The standard InChI is InChI=1S/C32H20NO7/c34-26-21-10-4-5-11-22(21)27(35)31(26)25(18-14-16-20(17-15-18)33(38)39)32(40-30(31)19-8-2-1-3-9-19)28(36)23-12-6-7-13-24(23)29(32)37/h1-17,25,30,38H/q-1/t25-,30+/m1/s1. The Bertz CT molecular complexity index is 1670. The monoisotopic (exact) mass is 530 g/mol. The summed E-state index contributed by atoms with van der Waals surface area (Å²) in [5.41, 5.74) is -2.93. The molecular weight excluding hydrogens is 510 g/mol. The third-order valence-corrected chi connectivity index (χ3v) is 8.39. The van der Waals surface area contributed by atoms with Crippen LogP contribution in [0, 0.1) is 10.6 Å². The van der Waals surface area contributed by atoms with E-state index in [1.54, 1.807) is 66.7 Å². The molecule has 196 valence electrons. The molecule has 0 bridgehead atoms. The van der Waals surface area contributed by atoms with Gasteiger partial charge in [-0.05, 0) is 23.3 Å². The van der Waals surface area contributed by atoms with E-state index in [0.29, 0.717) is 5.56 Å². The Balaban J connectivity index is 1.57. The quantitative estimate of drug-likeness (QED) is 0.286. The van der Waals surface area contributed by atoms with Gasteiger partial charge in [-0.15, -0.1) is 0 Å². The van der Waals surface area contributed by atoms with Crippen LogP contribution in [0.1, 0.15) is 64.6 Å². The molecule has 1 fully saturated rings. The molecule has 8 heteroatoms. The first-order chi connectivity index (χ1) is 19.3. The van der Waals surface area contributed by atoms with Crippen LogP contribution in [0.15, 0.2) is 103 Å². The molecule has 7 rings (SSSR count). The van der Waals surface area contributed by atoms with Gasteiger partial charge in [-0.1, -0.05) is 91.0 Å². The van der Waals surface area contributed by atoms with Gasteiger partial charge in [0.2, 0.25) is 17.2 Å². The second kappa shape index (κ2) is 8.37. The van der Waals surface area contributed by atoms with Crippen LogP contribution in [0.3, 0.4) is 0 Å². The maximum atomic E-state index is 14.6. The van der Waals surface area contributed by atoms with Gasteiger partial charge in [0.15, 0.2) is 11.6 Å². The highest BCUT2D eigenvalue weighted by Crippen LogP contribution is 2.67. The maximum Gasteiger partial charge on any atom is 0.204 e. The van der Waals surface area contributed by atoms with Crippen molar-refractivity contribution in [3.63, 3.8) is 0 Å². The first kappa shape index (κ1) is 24.3. The highest BCUT2D eigenvalue weighted by atomic mass is 16.8. The number of Topliss-reactive ketones (excluding diaryl/α,β-unsaturated/α-hetero) is 4. The lowest BCUT2D eigenvalue weighted by molar-refractivity contribution is -0.0210. The van der Waals surface area contributed by atoms with E-state index in [0.717, 1.165) is 0 Å². The first-order valence-electron chi connectivity index (χ1n) is 12.7. The van der Waals surface area contributed by atoms with Crippen molar-refractivity contribution in [2.24, 2.45) is 5.41 Å². The first-order valence-corrected chi connectivity index (χ1v) is 12.7. The highest BCUT2D eigenvalue weighted by Gasteiger charge is 2.79. The van der Waals surface area contributed by atoms with E-state index in [2.05, 4.69) is 0 Å². The third kappa shape index (κ3) is 2.84. The molecule has 0 aromatic heterocycles. The number of hydrogen-bond acceptors (Lipinski definition) is 8. The Hall–Kier alpha value is -4.76. The number of rotatable bonds is 3. The normalized spacial score (nSPS) is 21.8. The van der Waals surface area contributed by atoms with Crippen LogP contribution in [-0.2, 0) is 4.74 Å². The van der Waals surface area contributed by atoms with E-state index in [1.807, 2.05) is 0 Å². The topological polar surface area (TPSA) is 124 Å². The number of carbonyl (C=O) groups excluding carboxylic acids is 4. The lowest BCUT2D eigenvalue weighted by atomic mass is 9.60. The summed E-state index contributed by atoms with van der Waals surface area (Å²) in [4.78, 5) is 57.8. The number of ketones is 4. The number of carbonyl (C=O) groups is 4. The predicted molar refractivity (Wildman–Crippen MR) is 142 cm³/mol.